The van der Waals surface area contributed by atoms with Crippen molar-refractivity contribution < 1.29 is 37.6 Å². The second-order valence-corrected chi connectivity index (χ2v) is 14.9. The van der Waals surface area contributed by atoms with Gasteiger partial charge in [0.25, 0.3) is 0 Å². The van der Waals surface area contributed by atoms with E-state index in [1.807, 2.05) is 12.2 Å². The summed E-state index contributed by atoms with van der Waals surface area (Å²) in [5, 5.41) is 0. The number of phosphoric acid groups is 1. The van der Waals surface area contributed by atoms with Crippen LogP contribution in [0, 0.1) is 0 Å². The number of carbonyl (C=O) groups excluding carboxylic acids is 2. The predicted octanol–water partition coefficient (Wildman–Crippen LogP) is 12.4. The Morgan fingerprint density at radius 3 is 1.49 bits per heavy atom. The van der Waals surface area contributed by atoms with Crippen molar-refractivity contribution in [3.05, 3.63) is 109 Å². The Bertz CT molecular complexity index is 1290. The Balaban J connectivity index is 4.37. The van der Waals surface area contributed by atoms with Gasteiger partial charge < -0.3 is 20.1 Å². The van der Waals surface area contributed by atoms with Gasteiger partial charge in [0, 0.05) is 19.4 Å². The molecule has 2 atom stereocenters. The third-order valence-corrected chi connectivity index (χ3v) is 9.14. The molecular formula is C47H76NO8P. The van der Waals surface area contributed by atoms with E-state index in [1.165, 1.54) is 25.7 Å². The van der Waals surface area contributed by atoms with Crippen LogP contribution in [0.25, 0.3) is 0 Å². The molecule has 0 aliphatic heterocycles. The number of carbonyl (C=O) groups is 2. The average Bonchev–Trinajstić information content (AvgIpc) is 3.20. The fourth-order valence-electron chi connectivity index (χ4n) is 5.02. The van der Waals surface area contributed by atoms with Crippen LogP contribution in [0.5, 0.6) is 0 Å². The minimum absolute atomic E-state index is 0.0321. The highest BCUT2D eigenvalue weighted by Crippen LogP contribution is 2.43. The Morgan fingerprint density at radius 2 is 1.00 bits per heavy atom. The minimum atomic E-state index is -4.41. The van der Waals surface area contributed by atoms with Gasteiger partial charge in [-0.2, -0.15) is 0 Å². The molecule has 57 heavy (non-hydrogen) atoms. The predicted molar refractivity (Wildman–Crippen MR) is 238 cm³/mol. The van der Waals surface area contributed by atoms with E-state index in [2.05, 4.69) is 111 Å². The number of allylic oxidation sites excluding steroid dienone is 18. The number of phosphoric ester groups is 1. The van der Waals surface area contributed by atoms with Gasteiger partial charge in [0.1, 0.15) is 6.61 Å². The zero-order valence-corrected chi connectivity index (χ0v) is 36.2. The summed E-state index contributed by atoms with van der Waals surface area (Å²) in [6.07, 6.45) is 55.6. The summed E-state index contributed by atoms with van der Waals surface area (Å²) < 4.78 is 32.6. The van der Waals surface area contributed by atoms with E-state index in [4.69, 9.17) is 24.3 Å². The summed E-state index contributed by atoms with van der Waals surface area (Å²) in [6, 6.07) is 0. The zero-order valence-electron chi connectivity index (χ0n) is 35.3. The van der Waals surface area contributed by atoms with Gasteiger partial charge in [-0.3, -0.25) is 18.6 Å². The quantitative estimate of drug-likeness (QED) is 0.0270. The molecule has 1 unspecified atom stereocenters. The molecule has 0 aromatic heterocycles. The minimum Gasteiger partial charge on any atom is -0.462 e. The fourth-order valence-corrected chi connectivity index (χ4v) is 5.78. The van der Waals surface area contributed by atoms with Gasteiger partial charge in [0.15, 0.2) is 6.10 Å². The van der Waals surface area contributed by atoms with Crippen LogP contribution in [0.1, 0.15) is 142 Å². The van der Waals surface area contributed by atoms with Crippen molar-refractivity contribution in [3.8, 4) is 0 Å². The van der Waals surface area contributed by atoms with E-state index in [-0.39, 0.29) is 32.6 Å². The summed E-state index contributed by atoms with van der Waals surface area (Å²) in [7, 11) is -4.41. The van der Waals surface area contributed by atoms with E-state index in [9.17, 15) is 19.0 Å². The fraction of sp³-hybridized carbons (Fsp3) is 0.574. The van der Waals surface area contributed by atoms with Crippen LogP contribution in [0.4, 0.5) is 0 Å². The summed E-state index contributed by atoms with van der Waals surface area (Å²) in [4.78, 5) is 34.8. The van der Waals surface area contributed by atoms with Crippen molar-refractivity contribution in [2.45, 2.75) is 148 Å². The molecule has 3 N–H and O–H groups in total. The molecule has 0 spiro atoms. The van der Waals surface area contributed by atoms with E-state index >= 15 is 0 Å². The Hall–Kier alpha value is -3.33. The van der Waals surface area contributed by atoms with Gasteiger partial charge in [-0.15, -0.1) is 0 Å². The number of esters is 2. The SMILES string of the molecule is CC/C=C\C/C=C\C/C=C\C/C=C\C/C=C\C/C=C\CCC(=O)O[C@H](COC(=O)CCCCCC/C=C\C/C=C\C/C=C\CCCCC)COP(=O)(O)OCCN. The lowest BCUT2D eigenvalue weighted by Crippen LogP contribution is -2.29. The van der Waals surface area contributed by atoms with E-state index in [0.29, 0.717) is 12.8 Å². The molecule has 0 fully saturated rings. The third kappa shape index (κ3) is 42.1. The second kappa shape index (κ2) is 42.3. The summed E-state index contributed by atoms with van der Waals surface area (Å²) in [6.45, 7) is 3.44. The molecule has 0 aliphatic carbocycles. The number of rotatable bonds is 38. The molecule has 0 saturated carbocycles. The molecule has 0 aromatic rings. The first-order chi connectivity index (χ1) is 27.8. The molecule has 0 heterocycles. The van der Waals surface area contributed by atoms with Gasteiger partial charge in [0.2, 0.25) is 0 Å². The van der Waals surface area contributed by atoms with Gasteiger partial charge in [-0.05, 0) is 89.9 Å². The first-order valence-electron chi connectivity index (χ1n) is 21.4. The normalized spacial score (nSPS) is 14.4. The molecule has 0 aromatic carbocycles. The van der Waals surface area contributed by atoms with Crippen LogP contribution in [0.15, 0.2) is 109 Å². The lowest BCUT2D eigenvalue weighted by atomic mass is 10.1. The largest absolute Gasteiger partial charge is 0.472 e. The topological polar surface area (TPSA) is 134 Å². The number of nitrogens with two attached hydrogens (primary N) is 1. The highest BCUT2D eigenvalue weighted by atomic mass is 31.2. The summed E-state index contributed by atoms with van der Waals surface area (Å²) >= 11 is 0. The summed E-state index contributed by atoms with van der Waals surface area (Å²) in [5.41, 5.74) is 5.34. The number of ether oxygens (including phenoxy) is 2. The maximum atomic E-state index is 12.5. The Labute approximate surface area is 346 Å². The molecule has 0 radical (unpaired) electrons. The number of hydrogen-bond donors (Lipinski definition) is 2. The highest BCUT2D eigenvalue weighted by Gasteiger charge is 2.25. The molecule has 0 bridgehead atoms. The van der Waals surface area contributed by atoms with Crippen LogP contribution in [-0.2, 0) is 32.7 Å². The first kappa shape index (κ1) is 53.7. The monoisotopic (exact) mass is 814 g/mol. The zero-order chi connectivity index (χ0) is 41.8. The van der Waals surface area contributed by atoms with Crippen LogP contribution in [-0.4, -0.2) is 49.3 Å². The lowest BCUT2D eigenvalue weighted by Gasteiger charge is -2.19. The molecule has 0 rings (SSSR count). The second-order valence-electron chi connectivity index (χ2n) is 13.5. The molecule has 0 aliphatic rings. The first-order valence-corrected chi connectivity index (χ1v) is 22.9. The molecule has 322 valence electrons. The van der Waals surface area contributed by atoms with Crippen molar-refractivity contribution >= 4 is 19.8 Å². The van der Waals surface area contributed by atoms with Gasteiger partial charge in [0.05, 0.1) is 13.2 Å². The van der Waals surface area contributed by atoms with Gasteiger partial charge in [-0.25, -0.2) is 4.57 Å². The summed E-state index contributed by atoms with van der Waals surface area (Å²) in [5.74, 6) is -0.965. The average molecular weight is 814 g/mol. The van der Waals surface area contributed by atoms with E-state index in [0.717, 1.165) is 77.0 Å². The molecule has 10 heteroatoms. The smallest absolute Gasteiger partial charge is 0.462 e. The van der Waals surface area contributed by atoms with Gasteiger partial charge in [-0.1, -0.05) is 149 Å². The van der Waals surface area contributed by atoms with Crippen LogP contribution in [0.3, 0.4) is 0 Å². The van der Waals surface area contributed by atoms with Crippen molar-refractivity contribution in [1.82, 2.24) is 0 Å². The molecule has 9 nitrogen and oxygen atoms in total. The Morgan fingerprint density at radius 1 is 0.544 bits per heavy atom. The van der Waals surface area contributed by atoms with Crippen LogP contribution in [0.2, 0.25) is 0 Å². The molecular weight excluding hydrogens is 737 g/mol. The highest BCUT2D eigenvalue weighted by molar-refractivity contribution is 7.47. The Kier molecular flexibility index (Phi) is 39.8. The number of hydrogen-bond acceptors (Lipinski definition) is 8. The van der Waals surface area contributed by atoms with E-state index < -0.39 is 32.5 Å². The molecule has 0 amide bonds. The van der Waals surface area contributed by atoms with Crippen molar-refractivity contribution in [1.29, 1.82) is 0 Å². The van der Waals surface area contributed by atoms with Gasteiger partial charge >= 0.3 is 19.8 Å². The van der Waals surface area contributed by atoms with Crippen molar-refractivity contribution in [2.24, 2.45) is 5.73 Å². The number of unbranched alkanes of at least 4 members (excludes halogenated alkanes) is 7. The van der Waals surface area contributed by atoms with Crippen LogP contribution >= 0.6 is 7.82 Å². The maximum absolute atomic E-state index is 12.5. The maximum Gasteiger partial charge on any atom is 0.472 e. The van der Waals surface area contributed by atoms with Crippen LogP contribution < -0.4 is 5.73 Å². The third-order valence-electron chi connectivity index (χ3n) is 8.16. The standard InChI is InChI=1S/C47H76NO8P/c1-3-5-7-9-11-13-15-17-19-21-22-24-26-28-30-32-34-36-38-40-47(50)56-45(44-55-57(51,52)54-42-41-48)43-53-46(49)39-37-35-33-31-29-27-25-23-20-18-16-14-12-10-8-6-4-2/h5,7,11-14,17-20,22,24-25,27-28,30,34,36,45H,3-4,6,8-10,15-16,21,23,26,29,31-33,35,37-44,48H2,1-2H3,(H,51,52)/b7-5-,13-11-,14-12-,19-17-,20-18-,24-22-,27-25-,30-28-,36-34-/t45-/m1/s1. The molecule has 0 saturated heterocycles. The lowest BCUT2D eigenvalue weighted by molar-refractivity contribution is -0.161. The van der Waals surface area contributed by atoms with Crippen molar-refractivity contribution in [3.63, 3.8) is 0 Å². The van der Waals surface area contributed by atoms with E-state index in [1.54, 1.807) is 0 Å². The van der Waals surface area contributed by atoms with Crippen molar-refractivity contribution in [2.75, 3.05) is 26.4 Å².